The van der Waals surface area contributed by atoms with Crippen LogP contribution in [-0.4, -0.2) is 15.7 Å². The Morgan fingerprint density at radius 1 is 1.32 bits per heavy atom. The lowest BCUT2D eigenvalue weighted by Gasteiger charge is -2.23. The number of rotatable bonds is 3. The number of hydrogen-bond acceptors (Lipinski definition) is 3. The third-order valence-electron chi connectivity index (χ3n) is 3.62. The molecule has 0 spiro atoms. The van der Waals surface area contributed by atoms with Gasteiger partial charge in [0.25, 0.3) is 5.91 Å². The number of anilines is 1. The van der Waals surface area contributed by atoms with E-state index in [0.29, 0.717) is 11.6 Å². The molecule has 1 aliphatic carbocycles. The molecule has 1 aliphatic rings. The molecule has 1 amide bonds. The van der Waals surface area contributed by atoms with Gasteiger partial charge in [-0.25, -0.2) is 4.68 Å². The molecular weight excluding hydrogens is 242 g/mol. The number of furan rings is 1. The lowest BCUT2D eigenvalue weighted by molar-refractivity contribution is 0.102. The molecule has 3 rings (SSSR count). The normalized spacial score (nSPS) is 16.4. The van der Waals surface area contributed by atoms with Crippen molar-refractivity contribution in [3.8, 4) is 0 Å². The van der Waals surface area contributed by atoms with Crippen molar-refractivity contribution in [1.29, 1.82) is 0 Å². The second kappa shape index (κ2) is 5.30. The fraction of sp³-hybridized carbons (Fsp3) is 0.429. The zero-order chi connectivity index (χ0) is 13.1. The molecule has 1 saturated carbocycles. The van der Waals surface area contributed by atoms with Crippen LogP contribution in [0.5, 0.6) is 0 Å². The minimum atomic E-state index is -0.161. The monoisotopic (exact) mass is 259 g/mol. The molecule has 0 aliphatic heterocycles. The van der Waals surface area contributed by atoms with Crippen molar-refractivity contribution in [3.63, 3.8) is 0 Å². The van der Waals surface area contributed by atoms with E-state index in [1.807, 2.05) is 10.7 Å². The molecule has 0 aromatic carbocycles. The highest BCUT2D eigenvalue weighted by atomic mass is 16.3. The molecule has 2 aromatic rings. The number of nitrogens with one attached hydrogen (secondary N) is 1. The van der Waals surface area contributed by atoms with Crippen molar-refractivity contribution in [1.82, 2.24) is 9.78 Å². The molecule has 0 bridgehead atoms. The summed E-state index contributed by atoms with van der Waals surface area (Å²) in [5, 5.41) is 7.24. The van der Waals surface area contributed by atoms with Crippen LogP contribution in [0.1, 0.15) is 48.5 Å². The van der Waals surface area contributed by atoms with E-state index < -0.39 is 0 Å². The van der Waals surface area contributed by atoms with Gasteiger partial charge in [-0.05, 0) is 18.9 Å². The zero-order valence-electron chi connectivity index (χ0n) is 10.7. The second-order valence-electron chi connectivity index (χ2n) is 4.92. The highest BCUT2D eigenvalue weighted by Crippen LogP contribution is 2.29. The van der Waals surface area contributed by atoms with Crippen LogP contribution >= 0.6 is 0 Å². The molecule has 2 heterocycles. The third-order valence-corrected chi connectivity index (χ3v) is 3.62. The summed E-state index contributed by atoms with van der Waals surface area (Å²) in [7, 11) is 0. The first kappa shape index (κ1) is 12.0. The Morgan fingerprint density at radius 3 is 2.89 bits per heavy atom. The van der Waals surface area contributed by atoms with Gasteiger partial charge in [-0.15, -0.1) is 0 Å². The fourth-order valence-electron chi connectivity index (χ4n) is 2.61. The van der Waals surface area contributed by atoms with E-state index in [-0.39, 0.29) is 5.91 Å². The lowest BCUT2D eigenvalue weighted by Crippen LogP contribution is -2.20. The summed E-state index contributed by atoms with van der Waals surface area (Å²) in [6, 6.07) is 3.90. The Morgan fingerprint density at radius 2 is 2.16 bits per heavy atom. The van der Waals surface area contributed by atoms with Crippen LogP contribution in [0, 0.1) is 0 Å². The molecule has 0 atom stereocenters. The summed E-state index contributed by atoms with van der Waals surface area (Å²) in [5.74, 6) is 0.601. The van der Waals surface area contributed by atoms with Gasteiger partial charge in [0.2, 0.25) is 0 Å². The van der Waals surface area contributed by atoms with Crippen LogP contribution in [0.4, 0.5) is 5.82 Å². The molecule has 5 nitrogen and oxygen atoms in total. The largest absolute Gasteiger partial charge is 0.472 e. The smallest absolute Gasteiger partial charge is 0.260 e. The maximum atomic E-state index is 12.0. The summed E-state index contributed by atoms with van der Waals surface area (Å²) >= 11 is 0. The van der Waals surface area contributed by atoms with Crippen molar-refractivity contribution >= 4 is 11.7 Å². The predicted octanol–water partition coefficient (Wildman–Crippen LogP) is 3.23. The van der Waals surface area contributed by atoms with Gasteiger partial charge >= 0.3 is 0 Å². The Balaban J connectivity index is 1.74. The Bertz CT molecular complexity index is 539. The zero-order valence-corrected chi connectivity index (χ0v) is 10.7. The quantitative estimate of drug-likeness (QED) is 0.920. The molecular formula is C14H17N3O2. The minimum absolute atomic E-state index is 0.161. The topological polar surface area (TPSA) is 60.1 Å². The molecule has 0 saturated heterocycles. The van der Waals surface area contributed by atoms with Gasteiger partial charge in [-0.2, -0.15) is 5.10 Å². The van der Waals surface area contributed by atoms with E-state index in [1.165, 1.54) is 31.8 Å². The first-order valence-electron chi connectivity index (χ1n) is 6.71. The Labute approximate surface area is 111 Å². The number of carbonyl (C=O) groups is 1. The Kier molecular flexibility index (Phi) is 3.35. The number of hydrogen-bond donors (Lipinski definition) is 1. The highest BCUT2D eigenvalue weighted by Gasteiger charge is 2.19. The van der Waals surface area contributed by atoms with Gasteiger partial charge in [-0.1, -0.05) is 19.3 Å². The number of carbonyl (C=O) groups excluding carboxylic acids is 1. The molecule has 1 fully saturated rings. The van der Waals surface area contributed by atoms with E-state index >= 15 is 0 Å². The van der Waals surface area contributed by atoms with E-state index in [2.05, 4.69) is 10.4 Å². The third kappa shape index (κ3) is 2.54. The predicted molar refractivity (Wildman–Crippen MR) is 71.0 cm³/mol. The van der Waals surface area contributed by atoms with Gasteiger partial charge in [0.1, 0.15) is 12.1 Å². The Hall–Kier alpha value is -2.04. The summed E-state index contributed by atoms with van der Waals surface area (Å²) in [5.41, 5.74) is 0.524. The van der Waals surface area contributed by atoms with Gasteiger partial charge in [-0.3, -0.25) is 4.79 Å². The van der Waals surface area contributed by atoms with Gasteiger partial charge in [0.05, 0.1) is 24.1 Å². The van der Waals surface area contributed by atoms with Gasteiger partial charge in [0, 0.05) is 6.07 Å². The molecule has 100 valence electrons. The van der Waals surface area contributed by atoms with Gasteiger partial charge in [0.15, 0.2) is 0 Å². The van der Waals surface area contributed by atoms with Crippen molar-refractivity contribution < 1.29 is 9.21 Å². The van der Waals surface area contributed by atoms with E-state index in [0.717, 1.165) is 18.7 Å². The molecule has 1 N–H and O–H groups in total. The van der Waals surface area contributed by atoms with Crippen molar-refractivity contribution in [2.45, 2.75) is 38.1 Å². The number of amides is 1. The standard InChI is InChI=1S/C14H17N3O2/c18-14(11-7-9-19-10-11)16-13-6-8-15-17(13)12-4-2-1-3-5-12/h6-10,12H,1-5H2,(H,16,18). The molecule has 2 aromatic heterocycles. The molecule has 0 unspecified atom stereocenters. The van der Waals surface area contributed by atoms with Crippen LogP contribution in [-0.2, 0) is 0 Å². The average molecular weight is 259 g/mol. The van der Waals surface area contributed by atoms with Crippen molar-refractivity contribution in [2.75, 3.05) is 5.32 Å². The summed E-state index contributed by atoms with van der Waals surface area (Å²) < 4.78 is 6.86. The van der Waals surface area contributed by atoms with Gasteiger partial charge < -0.3 is 9.73 Å². The second-order valence-corrected chi connectivity index (χ2v) is 4.92. The van der Waals surface area contributed by atoms with Crippen LogP contribution in [0.25, 0.3) is 0 Å². The van der Waals surface area contributed by atoms with Crippen LogP contribution in [0.15, 0.2) is 35.3 Å². The minimum Gasteiger partial charge on any atom is -0.472 e. The first-order chi connectivity index (χ1) is 9.34. The molecule has 0 radical (unpaired) electrons. The summed E-state index contributed by atoms with van der Waals surface area (Å²) in [6.07, 6.45) is 10.7. The maximum Gasteiger partial charge on any atom is 0.260 e. The summed E-state index contributed by atoms with van der Waals surface area (Å²) in [4.78, 5) is 12.0. The number of aromatic nitrogens is 2. The molecule has 19 heavy (non-hydrogen) atoms. The van der Waals surface area contributed by atoms with Crippen LogP contribution in [0.2, 0.25) is 0 Å². The van der Waals surface area contributed by atoms with Crippen LogP contribution < -0.4 is 5.32 Å². The van der Waals surface area contributed by atoms with E-state index in [9.17, 15) is 4.79 Å². The fourth-order valence-corrected chi connectivity index (χ4v) is 2.61. The van der Waals surface area contributed by atoms with Crippen LogP contribution in [0.3, 0.4) is 0 Å². The van der Waals surface area contributed by atoms with Crippen molar-refractivity contribution in [3.05, 3.63) is 36.4 Å². The van der Waals surface area contributed by atoms with E-state index in [1.54, 1.807) is 12.3 Å². The first-order valence-corrected chi connectivity index (χ1v) is 6.71. The van der Waals surface area contributed by atoms with E-state index in [4.69, 9.17) is 4.42 Å². The lowest BCUT2D eigenvalue weighted by atomic mass is 9.96. The van der Waals surface area contributed by atoms with Crippen molar-refractivity contribution in [2.24, 2.45) is 0 Å². The summed E-state index contributed by atoms with van der Waals surface area (Å²) in [6.45, 7) is 0. The maximum absolute atomic E-state index is 12.0. The average Bonchev–Trinajstić information content (AvgIpc) is 3.11. The SMILES string of the molecule is O=C(Nc1ccnn1C1CCCCC1)c1ccoc1. The number of nitrogens with zero attached hydrogens (tertiary/aromatic N) is 2. The molecule has 5 heteroatoms. The highest BCUT2D eigenvalue weighted by molar-refractivity contribution is 6.03.